The van der Waals surface area contributed by atoms with Gasteiger partial charge in [0.2, 0.25) is 5.91 Å². The van der Waals surface area contributed by atoms with Crippen molar-refractivity contribution in [2.45, 2.75) is 25.4 Å². The van der Waals surface area contributed by atoms with Crippen LogP contribution < -0.4 is 19.5 Å². The minimum Gasteiger partial charge on any atom is -0.493 e. The van der Waals surface area contributed by atoms with E-state index in [1.807, 2.05) is 48.5 Å². The van der Waals surface area contributed by atoms with Crippen molar-refractivity contribution in [1.29, 1.82) is 0 Å². The zero-order valence-electron chi connectivity index (χ0n) is 24.1. The molecule has 4 rings (SSSR count). The highest BCUT2D eigenvalue weighted by Crippen LogP contribution is 2.28. The summed E-state index contributed by atoms with van der Waals surface area (Å²) >= 11 is 6.23. The molecule has 1 N–H and O–H groups in total. The van der Waals surface area contributed by atoms with Crippen LogP contribution in [0.4, 0.5) is 4.39 Å². The lowest BCUT2D eigenvalue weighted by Gasteiger charge is -2.31. The Morgan fingerprint density at radius 2 is 1.49 bits per heavy atom. The first-order valence-corrected chi connectivity index (χ1v) is 14.2. The molecule has 1 unspecified atom stereocenters. The van der Waals surface area contributed by atoms with Gasteiger partial charge in [0.25, 0.3) is 5.91 Å². The van der Waals surface area contributed by atoms with Gasteiger partial charge in [-0.2, -0.15) is 0 Å². The number of methoxy groups -OCH3 is 2. The van der Waals surface area contributed by atoms with Crippen LogP contribution in [-0.2, 0) is 29.0 Å². The standard InChI is InChI=1S/C34H34ClFN2O5/c1-41-31-17-14-25(21-32(31)42-2)18-19-37-34(40)29(20-24-8-4-3-5-9-24)38(22-26-12-15-27(36)16-13-26)33(39)23-43-30-11-7-6-10-28(30)35/h3-17,21,29H,18-20,22-23H2,1-2H3,(H,37,40). The van der Waals surface area contributed by atoms with Crippen molar-refractivity contribution >= 4 is 23.4 Å². The number of hydrogen-bond acceptors (Lipinski definition) is 5. The molecule has 43 heavy (non-hydrogen) atoms. The average molecular weight is 605 g/mol. The van der Waals surface area contributed by atoms with Crippen LogP contribution in [0, 0.1) is 5.82 Å². The number of nitrogens with zero attached hydrogens (tertiary/aromatic N) is 1. The third kappa shape index (κ3) is 8.96. The minimum atomic E-state index is -0.875. The van der Waals surface area contributed by atoms with Crippen LogP contribution in [0.15, 0.2) is 97.1 Å². The van der Waals surface area contributed by atoms with Gasteiger partial charge in [-0.3, -0.25) is 9.59 Å². The molecule has 0 aliphatic rings. The van der Waals surface area contributed by atoms with E-state index in [1.54, 1.807) is 50.6 Å². The van der Waals surface area contributed by atoms with Crippen molar-refractivity contribution < 1.29 is 28.2 Å². The topological polar surface area (TPSA) is 77.1 Å². The Kier molecular flexibility index (Phi) is 11.4. The molecular formula is C34H34ClFN2O5. The fraction of sp³-hybridized carbons (Fsp3) is 0.235. The van der Waals surface area contributed by atoms with Gasteiger partial charge in [-0.15, -0.1) is 0 Å². The molecule has 2 amide bonds. The Morgan fingerprint density at radius 3 is 2.19 bits per heavy atom. The fourth-order valence-electron chi connectivity index (χ4n) is 4.61. The van der Waals surface area contributed by atoms with Crippen LogP contribution in [0.25, 0.3) is 0 Å². The summed E-state index contributed by atoms with van der Waals surface area (Å²) in [7, 11) is 3.14. The third-order valence-electron chi connectivity index (χ3n) is 6.89. The fourth-order valence-corrected chi connectivity index (χ4v) is 4.80. The van der Waals surface area contributed by atoms with Gasteiger partial charge in [0.15, 0.2) is 18.1 Å². The summed E-state index contributed by atoms with van der Waals surface area (Å²) < 4.78 is 30.1. The summed E-state index contributed by atoms with van der Waals surface area (Å²) in [4.78, 5) is 29.0. The van der Waals surface area contributed by atoms with Gasteiger partial charge >= 0.3 is 0 Å². The van der Waals surface area contributed by atoms with Crippen molar-refractivity contribution in [3.05, 3.63) is 125 Å². The smallest absolute Gasteiger partial charge is 0.261 e. The molecule has 0 radical (unpaired) electrons. The normalized spacial score (nSPS) is 11.3. The Balaban J connectivity index is 1.57. The van der Waals surface area contributed by atoms with Crippen LogP contribution in [0.5, 0.6) is 17.2 Å². The summed E-state index contributed by atoms with van der Waals surface area (Å²) in [6.45, 7) is 0.0645. The van der Waals surface area contributed by atoms with Crippen LogP contribution >= 0.6 is 11.6 Å². The Bertz CT molecular complexity index is 1500. The number of rotatable bonds is 14. The van der Waals surface area contributed by atoms with Crippen molar-refractivity contribution in [3.8, 4) is 17.2 Å². The van der Waals surface area contributed by atoms with E-state index in [0.29, 0.717) is 40.8 Å². The van der Waals surface area contributed by atoms with Gasteiger partial charge in [-0.05, 0) is 59.5 Å². The molecule has 0 spiro atoms. The number of amides is 2. The van der Waals surface area contributed by atoms with E-state index in [4.69, 9.17) is 25.8 Å². The van der Waals surface area contributed by atoms with Crippen molar-refractivity contribution in [2.24, 2.45) is 0 Å². The summed E-state index contributed by atoms with van der Waals surface area (Å²) in [5.74, 6) is 0.448. The van der Waals surface area contributed by atoms with E-state index >= 15 is 0 Å². The second kappa shape index (κ2) is 15.6. The molecule has 0 aliphatic carbocycles. The van der Waals surface area contributed by atoms with E-state index in [0.717, 1.165) is 11.1 Å². The highest BCUT2D eigenvalue weighted by molar-refractivity contribution is 6.32. The quantitative estimate of drug-likeness (QED) is 0.195. The molecule has 1 atom stereocenters. The Labute approximate surface area is 256 Å². The highest BCUT2D eigenvalue weighted by atomic mass is 35.5. The number of carbonyl (C=O) groups is 2. The van der Waals surface area contributed by atoms with E-state index in [1.165, 1.54) is 17.0 Å². The minimum absolute atomic E-state index is 0.0750. The first kappa shape index (κ1) is 31.4. The monoisotopic (exact) mass is 604 g/mol. The first-order chi connectivity index (χ1) is 20.9. The third-order valence-corrected chi connectivity index (χ3v) is 7.20. The molecule has 0 saturated carbocycles. The van der Waals surface area contributed by atoms with Crippen LogP contribution in [-0.4, -0.2) is 50.1 Å². The maximum Gasteiger partial charge on any atom is 0.261 e. The maximum absolute atomic E-state index is 13.8. The molecule has 0 aromatic heterocycles. The van der Waals surface area contributed by atoms with Gasteiger partial charge in [0, 0.05) is 19.5 Å². The summed E-state index contributed by atoms with van der Waals surface area (Å²) in [6.07, 6.45) is 0.799. The number of hydrogen-bond donors (Lipinski definition) is 1. The Hall–Kier alpha value is -4.56. The maximum atomic E-state index is 13.8. The van der Waals surface area contributed by atoms with Crippen molar-refractivity contribution in [3.63, 3.8) is 0 Å². The van der Waals surface area contributed by atoms with Gasteiger partial charge in [0.1, 0.15) is 17.6 Å². The Morgan fingerprint density at radius 1 is 0.814 bits per heavy atom. The second-order valence-electron chi connectivity index (χ2n) is 9.80. The van der Waals surface area contributed by atoms with Gasteiger partial charge in [0.05, 0.1) is 19.2 Å². The summed E-state index contributed by atoms with van der Waals surface area (Å²) in [5, 5.41) is 3.37. The molecule has 0 bridgehead atoms. The number of benzene rings is 4. The molecule has 4 aromatic carbocycles. The van der Waals surface area contributed by atoms with Crippen LogP contribution in [0.2, 0.25) is 5.02 Å². The molecule has 4 aromatic rings. The molecule has 7 nitrogen and oxygen atoms in total. The lowest BCUT2D eigenvalue weighted by molar-refractivity contribution is -0.142. The molecule has 224 valence electrons. The van der Waals surface area contributed by atoms with E-state index in [9.17, 15) is 14.0 Å². The van der Waals surface area contributed by atoms with Crippen LogP contribution in [0.1, 0.15) is 16.7 Å². The first-order valence-electron chi connectivity index (χ1n) is 13.8. The largest absolute Gasteiger partial charge is 0.493 e. The average Bonchev–Trinajstić information content (AvgIpc) is 3.03. The predicted molar refractivity (Wildman–Crippen MR) is 164 cm³/mol. The zero-order valence-corrected chi connectivity index (χ0v) is 24.9. The van der Waals surface area contributed by atoms with Gasteiger partial charge < -0.3 is 24.4 Å². The summed E-state index contributed by atoms with van der Waals surface area (Å²) in [6, 6.07) is 26.9. The van der Waals surface area contributed by atoms with Crippen LogP contribution in [0.3, 0.4) is 0 Å². The van der Waals surface area contributed by atoms with E-state index < -0.39 is 17.8 Å². The molecule has 0 saturated heterocycles. The zero-order chi connectivity index (χ0) is 30.6. The molecule has 9 heteroatoms. The lowest BCUT2D eigenvalue weighted by atomic mass is 10.0. The highest BCUT2D eigenvalue weighted by Gasteiger charge is 2.30. The molecule has 0 aliphatic heterocycles. The van der Waals surface area contributed by atoms with Gasteiger partial charge in [-0.1, -0.05) is 72.3 Å². The number of ether oxygens (including phenoxy) is 3. The number of para-hydroxylation sites is 1. The van der Waals surface area contributed by atoms with Crippen molar-refractivity contribution in [2.75, 3.05) is 27.4 Å². The van der Waals surface area contributed by atoms with Gasteiger partial charge in [-0.25, -0.2) is 4.39 Å². The number of halogens is 2. The predicted octanol–water partition coefficient (Wildman–Crippen LogP) is 5.87. The lowest BCUT2D eigenvalue weighted by Crippen LogP contribution is -2.52. The molecular weight excluding hydrogens is 571 g/mol. The van der Waals surface area contributed by atoms with E-state index in [-0.39, 0.29) is 25.5 Å². The summed E-state index contributed by atoms with van der Waals surface area (Å²) in [5.41, 5.74) is 2.50. The van der Waals surface area contributed by atoms with E-state index in [2.05, 4.69) is 5.32 Å². The molecule has 0 fully saturated rings. The number of nitrogens with one attached hydrogen (secondary N) is 1. The second-order valence-corrected chi connectivity index (χ2v) is 10.2. The molecule has 0 heterocycles. The van der Waals surface area contributed by atoms with Crippen molar-refractivity contribution in [1.82, 2.24) is 10.2 Å². The SMILES string of the molecule is COc1ccc(CCNC(=O)C(Cc2ccccc2)N(Cc2ccc(F)cc2)C(=O)COc2ccccc2Cl)cc1OC. The number of carbonyl (C=O) groups excluding carboxylic acids is 2.